The van der Waals surface area contributed by atoms with Crippen molar-refractivity contribution in [3.63, 3.8) is 0 Å². The highest BCUT2D eigenvalue weighted by atomic mass is 31.2. The molecule has 6 heteroatoms. The molecule has 5 nitrogen and oxygen atoms in total. The Morgan fingerprint density at radius 3 is 2.11 bits per heavy atom. The maximum absolute atomic E-state index is 10.3. The van der Waals surface area contributed by atoms with Crippen molar-refractivity contribution >= 4 is 13.4 Å². The van der Waals surface area contributed by atoms with Crippen LogP contribution in [-0.4, -0.2) is 5.71 Å². The highest BCUT2D eigenvalue weighted by molar-refractivity contribution is 7.53. The van der Waals surface area contributed by atoms with Gasteiger partial charge in [-0.2, -0.15) is 0 Å². The van der Waals surface area contributed by atoms with E-state index in [9.17, 15) is 4.57 Å². The van der Waals surface area contributed by atoms with Crippen LogP contribution in [-0.2, 0) is 9.19 Å². The number of hydrogen-bond donors (Lipinski definition) is 2. The zero-order valence-electron chi connectivity index (χ0n) is 5.37. The van der Waals surface area contributed by atoms with Crippen molar-refractivity contribution in [2.75, 3.05) is 0 Å². The van der Waals surface area contributed by atoms with E-state index in [4.69, 9.17) is 11.0 Å². The lowest BCUT2D eigenvalue weighted by molar-refractivity contribution is 0.334. The molecule has 0 bridgehead atoms. The van der Waals surface area contributed by atoms with Gasteiger partial charge in [-0.3, -0.25) is 0 Å². The summed E-state index contributed by atoms with van der Waals surface area (Å²) in [5.41, 5.74) is 10.2. The Kier molecular flexibility index (Phi) is 2.84. The van der Waals surface area contributed by atoms with Crippen molar-refractivity contribution < 1.29 is 9.19 Å². The fourth-order valence-electron chi connectivity index (χ4n) is 0.145. The fourth-order valence-corrected chi connectivity index (χ4v) is 0.436. The lowest BCUT2D eigenvalue weighted by Crippen LogP contribution is -2.05. The normalized spacial score (nSPS) is 10.7. The molecule has 0 amide bonds. The number of nitrogens with two attached hydrogens (primary N) is 2. The lowest BCUT2D eigenvalue weighted by atomic mass is 10.5. The van der Waals surface area contributed by atoms with Crippen molar-refractivity contribution in [2.45, 2.75) is 13.8 Å². The molecule has 0 heterocycles. The van der Waals surface area contributed by atoms with Crippen LogP contribution in [0.15, 0.2) is 5.16 Å². The summed E-state index contributed by atoms with van der Waals surface area (Å²) < 4.78 is 14.5. The maximum atomic E-state index is 10.3. The smallest absolute Gasteiger partial charge is 0.312 e. The van der Waals surface area contributed by atoms with E-state index < -0.39 is 7.67 Å². The van der Waals surface area contributed by atoms with Crippen LogP contribution in [0.25, 0.3) is 0 Å². The largest absolute Gasteiger partial charge is 0.405 e. The molecule has 0 rings (SSSR count). The van der Waals surface area contributed by atoms with Gasteiger partial charge in [0.1, 0.15) is 0 Å². The van der Waals surface area contributed by atoms with Crippen LogP contribution >= 0.6 is 7.67 Å². The van der Waals surface area contributed by atoms with Gasteiger partial charge in [-0.1, -0.05) is 5.16 Å². The second-order valence-corrected chi connectivity index (χ2v) is 3.22. The van der Waals surface area contributed by atoms with Crippen LogP contribution in [0.2, 0.25) is 0 Å². The number of nitrogens with zero attached hydrogens (tertiary/aromatic N) is 1. The van der Waals surface area contributed by atoms with Crippen molar-refractivity contribution in [3.05, 3.63) is 0 Å². The standard InChI is InChI=1S/C3H10N3O2P/c1-3(2)6-8-9(4,5)7/h1-2H3,(H4,4,5,7). The van der Waals surface area contributed by atoms with Crippen molar-refractivity contribution in [3.8, 4) is 0 Å². The van der Waals surface area contributed by atoms with E-state index in [0.29, 0.717) is 5.71 Å². The zero-order valence-corrected chi connectivity index (χ0v) is 6.26. The second kappa shape index (κ2) is 2.96. The predicted molar refractivity (Wildman–Crippen MR) is 35.8 cm³/mol. The third-order valence-electron chi connectivity index (χ3n) is 0.351. The first-order chi connectivity index (χ1) is 3.92. The first kappa shape index (κ1) is 8.62. The molecule has 9 heavy (non-hydrogen) atoms. The molecule has 0 unspecified atom stereocenters. The minimum Gasteiger partial charge on any atom is -0.312 e. The summed E-state index contributed by atoms with van der Waals surface area (Å²) in [5.74, 6) is 0. The molecular formula is C3H10N3O2P. The van der Waals surface area contributed by atoms with E-state index in [1.807, 2.05) is 0 Å². The van der Waals surface area contributed by atoms with Gasteiger partial charge in [0, 0.05) is 0 Å². The molecule has 0 atom stereocenters. The van der Waals surface area contributed by atoms with Crippen LogP contribution in [0, 0.1) is 0 Å². The summed E-state index contributed by atoms with van der Waals surface area (Å²) in [6, 6.07) is 0. The molecule has 4 N–H and O–H groups in total. The summed E-state index contributed by atoms with van der Waals surface area (Å²) >= 11 is 0. The van der Waals surface area contributed by atoms with E-state index in [1.165, 1.54) is 0 Å². The minimum absolute atomic E-state index is 0.617. The second-order valence-electron chi connectivity index (χ2n) is 1.77. The molecular weight excluding hydrogens is 141 g/mol. The highest BCUT2D eigenvalue weighted by Crippen LogP contribution is 2.26. The number of rotatable bonds is 2. The first-order valence-electron chi connectivity index (χ1n) is 2.29. The Morgan fingerprint density at radius 1 is 1.56 bits per heavy atom. The molecule has 0 aromatic carbocycles. The SMILES string of the molecule is CC(C)=NOP(N)(N)=O. The Hall–Kier alpha value is -0.380. The van der Waals surface area contributed by atoms with Gasteiger partial charge in [-0.15, -0.1) is 0 Å². The molecule has 0 fully saturated rings. The van der Waals surface area contributed by atoms with Crippen molar-refractivity contribution in [1.29, 1.82) is 0 Å². The van der Waals surface area contributed by atoms with Gasteiger partial charge in [-0.05, 0) is 13.8 Å². The molecule has 0 aromatic rings. The molecule has 0 saturated carbocycles. The number of oxime groups is 1. The molecule has 0 radical (unpaired) electrons. The Labute approximate surface area is 53.6 Å². The highest BCUT2D eigenvalue weighted by Gasteiger charge is 2.06. The van der Waals surface area contributed by atoms with Crippen LogP contribution in [0.5, 0.6) is 0 Å². The summed E-state index contributed by atoms with van der Waals surface area (Å²) in [4.78, 5) is 0. The molecule has 0 saturated heterocycles. The third-order valence-corrected chi connectivity index (χ3v) is 0.688. The quantitative estimate of drug-likeness (QED) is 0.340. The first-order valence-corrected chi connectivity index (χ1v) is 4.05. The molecule has 0 spiro atoms. The van der Waals surface area contributed by atoms with E-state index >= 15 is 0 Å². The molecule has 54 valence electrons. The third kappa shape index (κ3) is 7.62. The Bertz CT molecular complexity index is 156. The maximum Gasteiger partial charge on any atom is 0.405 e. The average Bonchev–Trinajstić information content (AvgIpc) is 1.59. The Morgan fingerprint density at radius 2 is 2.00 bits per heavy atom. The molecule has 0 aromatic heterocycles. The Balaban J connectivity index is 3.79. The molecule has 0 aliphatic heterocycles. The summed E-state index contributed by atoms with van der Waals surface area (Å²) in [6.07, 6.45) is 0. The van der Waals surface area contributed by atoms with Crippen LogP contribution in [0.1, 0.15) is 13.8 Å². The van der Waals surface area contributed by atoms with Crippen LogP contribution in [0.4, 0.5) is 0 Å². The van der Waals surface area contributed by atoms with Gasteiger partial charge >= 0.3 is 7.67 Å². The molecule has 0 aliphatic carbocycles. The van der Waals surface area contributed by atoms with E-state index in [2.05, 4.69) is 9.78 Å². The van der Waals surface area contributed by atoms with Crippen molar-refractivity contribution in [1.82, 2.24) is 0 Å². The van der Waals surface area contributed by atoms with Gasteiger partial charge in [0.25, 0.3) is 0 Å². The van der Waals surface area contributed by atoms with Gasteiger partial charge in [0.2, 0.25) is 0 Å². The zero-order chi connectivity index (χ0) is 7.49. The molecule has 0 aliphatic rings. The fraction of sp³-hybridized carbons (Fsp3) is 0.667. The van der Waals surface area contributed by atoms with Gasteiger partial charge in [-0.25, -0.2) is 15.6 Å². The minimum atomic E-state index is -3.41. The van der Waals surface area contributed by atoms with E-state index in [1.54, 1.807) is 13.8 Å². The number of hydrogen-bond acceptors (Lipinski definition) is 3. The predicted octanol–water partition coefficient (Wildman–Crippen LogP) is 0.424. The van der Waals surface area contributed by atoms with Gasteiger partial charge in [0.05, 0.1) is 5.71 Å². The van der Waals surface area contributed by atoms with E-state index in [-0.39, 0.29) is 0 Å². The monoisotopic (exact) mass is 151 g/mol. The summed E-state index contributed by atoms with van der Waals surface area (Å²) in [6.45, 7) is 3.35. The van der Waals surface area contributed by atoms with Crippen LogP contribution < -0.4 is 11.0 Å². The van der Waals surface area contributed by atoms with Gasteiger partial charge < -0.3 is 4.62 Å². The van der Waals surface area contributed by atoms with Crippen molar-refractivity contribution in [2.24, 2.45) is 16.2 Å². The van der Waals surface area contributed by atoms with Gasteiger partial charge in [0.15, 0.2) is 0 Å². The topological polar surface area (TPSA) is 90.7 Å². The lowest BCUT2D eigenvalue weighted by Gasteiger charge is -2.00. The van der Waals surface area contributed by atoms with E-state index in [0.717, 1.165) is 0 Å². The summed E-state index contributed by atoms with van der Waals surface area (Å²) in [7, 11) is -3.41. The van der Waals surface area contributed by atoms with Crippen LogP contribution in [0.3, 0.4) is 0 Å². The summed E-state index contributed by atoms with van der Waals surface area (Å²) in [5, 5.41) is 3.30. The average molecular weight is 151 g/mol.